The van der Waals surface area contributed by atoms with Gasteiger partial charge in [0, 0.05) is 37.8 Å². The van der Waals surface area contributed by atoms with Gasteiger partial charge < -0.3 is 10.4 Å². The van der Waals surface area contributed by atoms with Crippen LogP contribution in [0.4, 0.5) is 8.78 Å². The molecule has 1 atom stereocenters. The minimum atomic E-state index is -0.775. The molecule has 1 aromatic carbocycles. The predicted molar refractivity (Wildman–Crippen MR) is 60.9 cm³/mol. The second kappa shape index (κ2) is 4.98. The zero-order valence-corrected chi connectivity index (χ0v) is 9.71. The van der Waals surface area contributed by atoms with Gasteiger partial charge in [-0.1, -0.05) is 0 Å². The summed E-state index contributed by atoms with van der Waals surface area (Å²) in [7, 11) is 0. The number of benzene rings is 1. The SMILES string of the molecule is C[C@@H](c1c(F)ccc(F)c1O)N1CCNCC1. The van der Waals surface area contributed by atoms with Crippen LogP contribution in [0.25, 0.3) is 0 Å². The van der Waals surface area contributed by atoms with Crippen molar-refractivity contribution in [3.63, 3.8) is 0 Å². The van der Waals surface area contributed by atoms with Crippen LogP contribution in [-0.2, 0) is 0 Å². The van der Waals surface area contributed by atoms with Gasteiger partial charge in [0.15, 0.2) is 11.6 Å². The van der Waals surface area contributed by atoms with E-state index >= 15 is 0 Å². The van der Waals surface area contributed by atoms with Crippen LogP contribution in [0, 0.1) is 11.6 Å². The third-order valence-electron chi connectivity index (χ3n) is 3.23. The van der Waals surface area contributed by atoms with Crippen molar-refractivity contribution in [2.45, 2.75) is 13.0 Å². The maximum Gasteiger partial charge on any atom is 0.165 e. The van der Waals surface area contributed by atoms with Gasteiger partial charge in [-0.2, -0.15) is 0 Å². The van der Waals surface area contributed by atoms with E-state index in [0.717, 1.165) is 38.3 Å². The minimum absolute atomic E-state index is 0.0481. The van der Waals surface area contributed by atoms with Crippen molar-refractivity contribution in [3.8, 4) is 5.75 Å². The maximum atomic E-state index is 13.7. The Hall–Kier alpha value is -1.20. The van der Waals surface area contributed by atoms with Gasteiger partial charge in [-0.25, -0.2) is 8.78 Å². The molecule has 3 nitrogen and oxygen atoms in total. The molecule has 0 aromatic heterocycles. The molecule has 0 radical (unpaired) electrons. The monoisotopic (exact) mass is 242 g/mol. The average Bonchev–Trinajstić information content (AvgIpc) is 2.35. The smallest absolute Gasteiger partial charge is 0.165 e. The fourth-order valence-electron chi connectivity index (χ4n) is 2.21. The first-order valence-electron chi connectivity index (χ1n) is 5.73. The Morgan fingerprint density at radius 1 is 1.24 bits per heavy atom. The van der Waals surface area contributed by atoms with Crippen molar-refractivity contribution in [3.05, 3.63) is 29.3 Å². The summed E-state index contributed by atoms with van der Waals surface area (Å²) in [5, 5.41) is 12.8. The van der Waals surface area contributed by atoms with Gasteiger partial charge >= 0.3 is 0 Å². The van der Waals surface area contributed by atoms with Crippen LogP contribution in [0.1, 0.15) is 18.5 Å². The molecule has 17 heavy (non-hydrogen) atoms. The molecule has 0 saturated carbocycles. The number of aromatic hydroxyl groups is 1. The lowest BCUT2D eigenvalue weighted by Gasteiger charge is -2.33. The van der Waals surface area contributed by atoms with E-state index in [1.165, 1.54) is 0 Å². The topological polar surface area (TPSA) is 35.5 Å². The van der Waals surface area contributed by atoms with E-state index in [-0.39, 0.29) is 11.6 Å². The summed E-state index contributed by atoms with van der Waals surface area (Å²) >= 11 is 0. The summed E-state index contributed by atoms with van der Waals surface area (Å²) in [6.07, 6.45) is 0. The molecule has 1 saturated heterocycles. The Morgan fingerprint density at radius 2 is 1.82 bits per heavy atom. The normalized spacial score (nSPS) is 19.2. The van der Waals surface area contributed by atoms with Crippen LogP contribution in [0.5, 0.6) is 5.75 Å². The largest absolute Gasteiger partial charge is 0.505 e. The van der Waals surface area contributed by atoms with Gasteiger partial charge in [-0.15, -0.1) is 0 Å². The first-order valence-corrected chi connectivity index (χ1v) is 5.73. The fraction of sp³-hybridized carbons (Fsp3) is 0.500. The second-order valence-electron chi connectivity index (χ2n) is 4.25. The summed E-state index contributed by atoms with van der Waals surface area (Å²) in [4.78, 5) is 2.02. The van der Waals surface area contributed by atoms with Crippen molar-refractivity contribution in [2.24, 2.45) is 0 Å². The van der Waals surface area contributed by atoms with E-state index in [2.05, 4.69) is 5.32 Å². The lowest BCUT2D eigenvalue weighted by Crippen LogP contribution is -2.44. The summed E-state index contributed by atoms with van der Waals surface area (Å²) in [6.45, 7) is 4.94. The van der Waals surface area contributed by atoms with Crippen molar-refractivity contribution < 1.29 is 13.9 Å². The molecule has 2 N–H and O–H groups in total. The summed E-state index contributed by atoms with van der Waals surface area (Å²) < 4.78 is 26.9. The van der Waals surface area contributed by atoms with Crippen LogP contribution in [0.15, 0.2) is 12.1 Å². The molecule has 0 spiro atoms. The number of piperazine rings is 1. The molecular formula is C12H16F2N2O. The molecule has 1 heterocycles. The Morgan fingerprint density at radius 3 is 2.47 bits per heavy atom. The van der Waals surface area contributed by atoms with E-state index in [1.54, 1.807) is 6.92 Å². The zero-order chi connectivity index (χ0) is 12.4. The third-order valence-corrected chi connectivity index (χ3v) is 3.23. The average molecular weight is 242 g/mol. The number of hydrogen-bond donors (Lipinski definition) is 2. The molecule has 1 aliphatic rings. The maximum absolute atomic E-state index is 13.7. The van der Waals surface area contributed by atoms with Crippen LogP contribution >= 0.6 is 0 Å². The molecular weight excluding hydrogens is 226 g/mol. The number of halogens is 2. The van der Waals surface area contributed by atoms with Crippen molar-refractivity contribution in [1.82, 2.24) is 10.2 Å². The molecule has 5 heteroatoms. The molecule has 0 aliphatic carbocycles. The number of hydrogen-bond acceptors (Lipinski definition) is 3. The summed E-state index contributed by atoms with van der Waals surface area (Å²) in [5.41, 5.74) is 0.0481. The number of nitrogens with zero attached hydrogens (tertiary/aromatic N) is 1. The quantitative estimate of drug-likeness (QED) is 0.827. The molecule has 0 amide bonds. The number of rotatable bonds is 2. The van der Waals surface area contributed by atoms with E-state index < -0.39 is 17.4 Å². The second-order valence-corrected chi connectivity index (χ2v) is 4.25. The van der Waals surface area contributed by atoms with Gasteiger partial charge in [0.05, 0.1) is 0 Å². The number of nitrogens with one attached hydrogen (secondary N) is 1. The van der Waals surface area contributed by atoms with Gasteiger partial charge in [-0.05, 0) is 19.1 Å². The van der Waals surface area contributed by atoms with Crippen LogP contribution in [0.3, 0.4) is 0 Å². The minimum Gasteiger partial charge on any atom is -0.505 e. The molecule has 1 aromatic rings. The molecule has 0 bridgehead atoms. The molecule has 2 rings (SSSR count). The highest BCUT2D eigenvalue weighted by Crippen LogP contribution is 2.32. The standard InChI is InChI=1S/C12H16F2N2O/c1-8(16-6-4-15-5-7-16)11-9(13)2-3-10(14)12(11)17/h2-3,8,15,17H,4-7H2,1H3/t8-/m0/s1. The van der Waals surface area contributed by atoms with Crippen molar-refractivity contribution in [2.75, 3.05) is 26.2 Å². The first-order chi connectivity index (χ1) is 8.11. The van der Waals surface area contributed by atoms with Gasteiger partial charge in [0.2, 0.25) is 0 Å². The highest BCUT2D eigenvalue weighted by Gasteiger charge is 2.24. The van der Waals surface area contributed by atoms with Gasteiger partial charge in [-0.3, -0.25) is 4.90 Å². The number of phenolic OH excluding ortho intramolecular Hbond substituents is 1. The first kappa shape index (κ1) is 12.3. The van der Waals surface area contributed by atoms with E-state index in [0.29, 0.717) is 0 Å². The van der Waals surface area contributed by atoms with Crippen molar-refractivity contribution in [1.29, 1.82) is 0 Å². The Balaban J connectivity index is 2.29. The molecule has 1 aliphatic heterocycles. The molecule has 94 valence electrons. The number of phenols is 1. The van der Waals surface area contributed by atoms with Gasteiger partial charge in [0.1, 0.15) is 5.82 Å². The lowest BCUT2D eigenvalue weighted by molar-refractivity contribution is 0.178. The molecule has 0 unspecified atom stereocenters. The van der Waals surface area contributed by atoms with Crippen LogP contribution < -0.4 is 5.32 Å². The summed E-state index contributed by atoms with van der Waals surface area (Å²) in [5.74, 6) is -1.91. The highest BCUT2D eigenvalue weighted by molar-refractivity contribution is 5.37. The predicted octanol–water partition coefficient (Wildman–Crippen LogP) is 1.64. The third kappa shape index (κ3) is 2.40. The van der Waals surface area contributed by atoms with Gasteiger partial charge in [0.25, 0.3) is 0 Å². The van der Waals surface area contributed by atoms with Crippen LogP contribution in [0.2, 0.25) is 0 Å². The van der Waals surface area contributed by atoms with E-state index in [4.69, 9.17) is 0 Å². The van der Waals surface area contributed by atoms with E-state index in [1.807, 2.05) is 4.90 Å². The molecule has 1 fully saturated rings. The Labute approximate surface area is 99.1 Å². The Kier molecular flexibility index (Phi) is 3.59. The summed E-state index contributed by atoms with van der Waals surface area (Å²) in [6, 6.07) is 1.68. The fourth-order valence-corrected chi connectivity index (χ4v) is 2.21. The van der Waals surface area contributed by atoms with Crippen LogP contribution in [-0.4, -0.2) is 36.2 Å². The Bertz CT molecular complexity index is 406. The van der Waals surface area contributed by atoms with Crippen molar-refractivity contribution >= 4 is 0 Å². The highest BCUT2D eigenvalue weighted by atomic mass is 19.1. The lowest BCUT2D eigenvalue weighted by atomic mass is 10.0. The zero-order valence-electron chi connectivity index (χ0n) is 9.71. The van der Waals surface area contributed by atoms with E-state index in [9.17, 15) is 13.9 Å².